The van der Waals surface area contributed by atoms with E-state index >= 15 is 0 Å². The molecule has 0 fully saturated rings. The SMILES string of the molecule is CSCCN(C)CCC(O)c1ccccc1Br. The van der Waals surface area contributed by atoms with E-state index in [1.807, 2.05) is 36.0 Å². The fourth-order valence-corrected chi connectivity index (χ4v) is 2.65. The average molecular weight is 318 g/mol. The minimum atomic E-state index is -0.387. The second kappa shape index (κ2) is 8.14. The molecule has 2 nitrogen and oxygen atoms in total. The molecule has 1 unspecified atom stereocenters. The predicted octanol–water partition coefficient (Wildman–Crippen LogP) is 3.17. The van der Waals surface area contributed by atoms with Gasteiger partial charge in [-0.15, -0.1) is 0 Å². The van der Waals surface area contributed by atoms with Crippen molar-refractivity contribution in [1.29, 1.82) is 0 Å². The highest BCUT2D eigenvalue weighted by Crippen LogP contribution is 2.25. The summed E-state index contributed by atoms with van der Waals surface area (Å²) in [4.78, 5) is 2.26. The van der Waals surface area contributed by atoms with Crippen molar-refractivity contribution >= 4 is 27.7 Å². The first kappa shape index (κ1) is 15.0. The molecule has 0 aliphatic heterocycles. The molecule has 0 radical (unpaired) electrons. The zero-order chi connectivity index (χ0) is 12.7. The fraction of sp³-hybridized carbons (Fsp3) is 0.538. The highest BCUT2D eigenvalue weighted by molar-refractivity contribution is 9.10. The molecule has 17 heavy (non-hydrogen) atoms. The van der Waals surface area contributed by atoms with E-state index in [9.17, 15) is 5.11 Å². The van der Waals surface area contributed by atoms with Crippen LogP contribution in [0.5, 0.6) is 0 Å². The summed E-state index contributed by atoms with van der Waals surface area (Å²) in [5, 5.41) is 10.1. The van der Waals surface area contributed by atoms with Gasteiger partial charge >= 0.3 is 0 Å². The van der Waals surface area contributed by atoms with E-state index in [4.69, 9.17) is 0 Å². The monoisotopic (exact) mass is 317 g/mol. The molecule has 0 bridgehead atoms. The molecule has 0 spiro atoms. The number of benzene rings is 1. The number of aliphatic hydroxyl groups is 1. The van der Waals surface area contributed by atoms with Crippen molar-refractivity contribution in [1.82, 2.24) is 4.90 Å². The van der Waals surface area contributed by atoms with Crippen LogP contribution in [0, 0.1) is 0 Å². The van der Waals surface area contributed by atoms with Crippen molar-refractivity contribution < 1.29 is 5.11 Å². The molecule has 96 valence electrons. The number of hydrogen-bond acceptors (Lipinski definition) is 3. The van der Waals surface area contributed by atoms with Gasteiger partial charge in [-0.25, -0.2) is 0 Å². The third kappa shape index (κ3) is 5.42. The summed E-state index contributed by atoms with van der Waals surface area (Å²) in [6, 6.07) is 7.86. The molecule has 0 saturated heterocycles. The van der Waals surface area contributed by atoms with Crippen LogP contribution in [0.15, 0.2) is 28.7 Å². The molecule has 1 N–H and O–H groups in total. The van der Waals surface area contributed by atoms with Gasteiger partial charge in [-0.2, -0.15) is 11.8 Å². The summed E-state index contributed by atoms with van der Waals surface area (Å²) < 4.78 is 0.985. The number of halogens is 1. The fourth-order valence-electron chi connectivity index (χ4n) is 1.60. The Bertz CT molecular complexity index is 335. The number of rotatable bonds is 7. The highest BCUT2D eigenvalue weighted by Gasteiger charge is 2.11. The lowest BCUT2D eigenvalue weighted by atomic mass is 10.1. The zero-order valence-corrected chi connectivity index (χ0v) is 12.8. The molecule has 1 aromatic carbocycles. The van der Waals surface area contributed by atoms with E-state index in [0.717, 1.165) is 35.3 Å². The number of hydrogen-bond donors (Lipinski definition) is 1. The van der Waals surface area contributed by atoms with Crippen molar-refractivity contribution in [2.75, 3.05) is 32.1 Å². The molecular formula is C13H20BrNOS. The van der Waals surface area contributed by atoms with E-state index in [-0.39, 0.29) is 6.10 Å². The van der Waals surface area contributed by atoms with Crippen molar-refractivity contribution in [2.45, 2.75) is 12.5 Å². The van der Waals surface area contributed by atoms with Gasteiger partial charge in [0.1, 0.15) is 0 Å². The molecule has 1 aromatic rings. The molecule has 0 saturated carbocycles. The molecule has 0 aliphatic carbocycles. The van der Waals surface area contributed by atoms with E-state index < -0.39 is 0 Å². The van der Waals surface area contributed by atoms with Crippen LogP contribution in [0.1, 0.15) is 18.1 Å². The summed E-state index contributed by atoms with van der Waals surface area (Å²) in [6.07, 6.45) is 2.50. The quantitative estimate of drug-likeness (QED) is 0.835. The minimum absolute atomic E-state index is 0.387. The lowest BCUT2D eigenvalue weighted by Gasteiger charge is -2.19. The maximum absolute atomic E-state index is 10.1. The third-order valence-electron chi connectivity index (χ3n) is 2.73. The Morgan fingerprint density at radius 1 is 1.35 bits per heavy atom. The van der Waals surface area contributed by atoms with Gasteiger partial charge in [0.2, 0.25) is 0 Å². The normalized spacial score (nSPS) is 13.0. The molecule has 0 aromatic heterocycles. The molecule has 4 heteroatoms. The summed E-state index contributed by atoms with van der Waals surface area (Å²) >= 11 is 5.32. The topological polar surface area (TPSA) is 23.5 Å². The van der Waals surface area contributed by atoms with Crippen LogP contribution in [0.4, 0.5) is 0 Å². The Morgan fingerprint density at radius 3 is 2.71 bits per heavy atom. The number of aliphatic hydroxyl groups excluding tert-OH is 1. The smallest absolute Gasteiger partial charge is 0.0813 e. The second-order valence-electron chi connectivity index (χ2n) is 4.12. The lowest BCUT2D eigenvalue weighted by molar-refractivity contribution is 0.150. The van der Waals surface area contributed by atoms with Gasteiger partial charge < -0.3 is 10.0 Å². The Morgan fingerprint density at radius 2 is 2.06 bits per heavy atom. The number of nitrogens with zero attached hydrogens (tertiary/aromatic N) is 1. The van der Waals surface area contributed by atoms with Crippen molar-refractivity contribution in [3.63, 3.8) is 0 Å². The molecule has 0 aliphatic rings. The lowest BCUT2D eigenvalue weighted by Crippen LogP contribution is -2.23. The first-order valence-corrected chi connectivity index (χ1v) is 7.93. The molecule has 1 rings (SSSR count). The van der Waals surface area contributed by atoms with Gasteiger partial charge in [0.15, 0.2) is 0 Å². The van der Waals surface area contributed by atoms with Gasteiger partial charge in [-0.3, -0.25) is 0 Å². The van der Waals surface area contributed by atoms with Crippen LogP contribution >= 0.6 is 27.7 Å². The Kier molecular flexibility index (Phi) is 7.19. The Balaban J connectivity index is 2.39. The van der Waals surface area contributed by atoms with Gasteiger partial charge in [0.05, 0.1) is 6.10 Å². The van der Waals surface area contributed by atoms with Crippen LogP contribution in [0.25, 0.3) is 0 Å². The van der Waals surface area contributed by atoms with E-state index in [1.165, 1.54) is 0 Å². The Hall–Kier alpha value is -0.0300. The van der Waals surface area contributed by atoms with Crippen LogP contribution in [-0.4, -0.2) is 42.2 Å². The van der Waals surface area contributed by atoms with Gasteiger partial charge in [-0.05, 0) is 31.4 Å². The number of thioether (sulfide) groups is 1. The van der Waals surface area contributed by atoms with Gasteiger partial charge in [0, 0.05) is 23.3 Å². The maximum Gasteiger partial charge on any atom is 0.0813 e. The molecular weight excluding hydrogens is 298 g/mol. The molecule has 0 amide bonds. The third-order valence-corrected chi connectivity index (χ3v) is 4.04. The minimum Gasteiger partial charge on any atom is -0.388 e. The van der Waals surface area contributed by atoms with Crippen LogP contribution in [0.3, 0.4) is 0 Å². The van der Waals surface area contributed by atoms with Gasteiger partial charge in [0.25, 0.3) is 0 Å². The van der Waals surface area contributed by atoms with Crippen molar-refractivity contribution in [2.24, 2.45) is 0 Å². The molecule has 0 heterocycles. The average Bonchev–Trinajstić information content (AvgIpc) is 2.34. The summed E-state index contributed by atoms with van der Waals surface area (Å²) in [7, 11) is 2.10. The molecule has 1 atom stereocenters. The first-order chi connectivity index (χ1) is 8.15. The van der Waals surface area contributed by atoms with Crippen molar-refractivity contribution in [3.8, 4) is 0 Å². The highest BCUT2D eigenvalue weighted by atomic mass is 79.9. The first-order valence-electron chi connectivity index (χ1n) is 5.75. The van der Waals surface area contributed by atoms with Gasteiger partial charge in [-0.1, -0.05) is 34.1 Å². The summed E-state index contributed by atoms with van der Waals surface area (Å²) in [5.74, 6) is 1.14. The summed E-state index contributed by atoms with van der Waals surface area (Å²) in [5.41, 5.74) is 0.978. The van der Waals surface area contributed by atoms with Crippen LogP contribution in [0.2, 0.25) is 0 Å². The van der Waals surface area contributed by atoms with Crippen molar-refractivity contribution in [3.05, 3.63) is 34.3 Å². The standard InChI is InChI=1S/C13H20BrNOS/c1-15(9-10-17-2)8-7-13(16)11-5-3-4-6-12(11)14/h3-6,13,16H,7-10H2,1-2H3. The summed E-state index contributed by atoms with van der Waals surface area (Å²) in [6.45, 7) is 1.99. The van der Waals surface area contributed by atoms with Crippen LogP contribution in [-0.2, 0) is 0 Å². The maximum atomic E-state index is 10.1. The largest absolute Gasteiger partial charge is 0.388 e. The van der Waals surface area contributed by atoms with E-state index in [1.54, 1.807) is 0 Å². The Labute approximate surface area is 117 Å². The predicted molar refractivity (Wildman–Crippen MR) is 79.6 cm³/mol. The zero-order valence-electron chi connectivity index (χ0n) is 10.4. The van der Waals surface area contributed by atoms with Crippen LogP contribution < -0.4 is 0 Å². The van der Waals surface area contributed by atoms with E-state index in [2.05, 4.69) is 34.1 Å². The van der Waals surface area contributed by atoms with E-state index in [0.29, 0.717) is 0 Å². The second-order valence-corrected chi connectivity index (χ2v) is 5.96.